The number of benzene rings is 1. The highest BCUT2D eigenvalue weighted by Crippen LogP contribution is 2.33. The van der Waals surface area contributed by atoms with E-state index in [0.29, 0.717) is 5.92 Å². The Labute approximate surface area is 118 Å². The topological polar surface area (TPSA) is 50.7 Å². The molecule has 0 unspecified atom stereocenters. The van der Waals surface area contributed by atoms with Crippen molar-refractivity contribution in [2.75, 3.05) is 0 Å². The van der Waals surface area contributed by atoms with Crippen LogP contribution in [-0.2, 0) is 4.74 Å². The van der Waals surface area contributed by atoms with Crippen molar-refractivity contribution in [3.8, 4) is 0 Å². The fourth-order valence-electron chi connectivity index (χ4n) is 1.78. The first-order valence-electron chi connectivity index (χ1n) is 6.68. The first kappa shape index (κ1) is 14.5. The maximum Gasteiger partial charge on any atom is 0.428 e. The Kier molecular flexibility index (Phi) is 4.06. The molecule has 1 aliphatic carbocycles. The Bertz CT molecular complexity index is 514. The van der Waals surface area contributed by atoms with Crippen LogP contribution in [0.1, 0.15) is 39.2 Å². The average Bonchev–Trinajstić information content (AvgIpc) is 3.13. The van der Waals surface area contributed by atoms with Gasteiger partial charge in [-0.1, -0.05) is 12.1 Å². The summed E-state index contributed by atoms with van der Waals surface area (Å²) < 4.78 is 18.1. The molecule has 0 aliphatic heterocycles. The molecule has 0 atom stereocenters. The lowest BCUT2D eigenvalue weighted by atomic mass is 10.1. The molecule has 4 nitrogen and oxygen atoms in total. The lowest BCUT2D eigenvalue weighted by Gasteiger charge is -2.18. The fraction of sp³-hybridized carbons (Fsp3) is 0.467. The molecule has 1 aromatic rings. The number of carbonyl (C=O) groups is 1. The minimum absolute atomic E-state index is 0.288. The zero-order chi connectivity index (χ0) is 14.8. The van der Waals surface area contributed by atoms with E-state index in [1.165, 1.54) is 12.1 Å². The van der Waals surface area contributed by atoms with Gasteiger partial charge < -0.3 is 4.74 Å². The predicted octanol–water partition coefficient (Wildman–Crippen LogP) is 3.46. The number of halogens is 1. The van der Waals surface area contributed by atoms with E-state index in [0.717, 1.165) is 24.1 Å². The predicted molar refractivity (Wildman–Crippen MR) is 75.0 cm³/mol. The summed E-state index contributed by atoms with van der Waals surface area (Å²) in [6.45, 7) is 5.37. The molecule has 0 radical (unpaired) electrons. The van der Waals surface area contributed by atoms with E-state index in [-0.39, 0.29) is 5.82 Å². The lowest BCUT2D eigenvalue weighted by molar-refractivity contribution is 0.0529. The number of nitrogens with zero attached hydrogens (tertiary/aromatic N) is 1. The van der Waals surface area contributed by atoms with Gasteiger partial charge in [0.2, 0.25) is 0 Å². The standard InChI is InChI=1S/C15H19FN2O2/c1-15(2,3)20-14(19)18-17-13(10-4-5-10)11-6-8-12(16)9-7-11/h6-10H,4-5H2,1-3H3,(H,18,19). The second-order valence-corrected chi connectivity index (χ2v) is 5.89. The van der Waals surface area contributed by atoms with Crippen LogP contribution in [0.4, 0.5) is 9.18 Å². The van der Waals surface area contributed by atoms with Crippen molar-refractivity contribution in [2.24, 2.45) is 11.0 Å². The molecule has 0 bridgehead atoms. The third-order valence-corrected chi connectivity index (χ3v) is 2.77. The van der Waals surface area contributed by atoms with Gasteiger partial charge in [-0.2, -0.15) is 5.10 Å². The number of carbonyl (C=O) groups excluding carboxylic acids is 1. The summed E-state index contributed by atoms with van der Waals surface area (Å²) in [4.78, 5) is 11.6. The molecule has 0 aromatic heterocycles. The number of hydrogen-bond donors (Lipinski definition) is 1. The molecule has 1 amide bonds. The smallest absolute Gasteiger partial charge is 0.428 e. The van der Waals surface area contributed by atoms with E-state index in [1.807, 2.05) is 0 Å². The summed E-state index contributed by atoms with van der Waals surface area (Å²) in [6.07, 6.45) is 1.48. The lowest BCUT2D eigenvalue weighted by Crippen LogP contribution is -2.30. The SMILES string of the molecule is CC(C)(C)OC(=O)NN=C(c1ccc(F)cc1)C1CC1. The normalized spacial score (nSPS) is 15.9. The van der Waals surface area contributed by atoms with Crippen molar-refractivity contribution in [2.45, 2.75) is 39.2 Å². The molecule has 20 heavy (non-hydrogen) atoms. The van der Waals surface area contributed by atoms with Gasteiger partial charge in [-0.3, -0.25) is 0 Å². The molecular formula is C15H19FN2O2. The van der Waals surface area contributed by atoms with Gasteiger partial charge >= 0.3 is 6.09 Å². The van der Waals surface area contributed by atoms with Crippen LogP contribution in [0.2, 0.25) is 0 Å². The van der Waals surface area contributed by atoms with Crippen molar-refractivity contribution in [1.82, 2.24) is 5.43 Å². The summed E-state index contributed by atoms with van der Waals surface area (Å²) in [5, 5.41) is 4.14. The van der Waals surface area contributed by atoms with Crippen LogP contribution >= 0.6 is 0 Å². The van der Waals surface area contributed by atoms with Crippen molar-refractivity contribution < 1.29 is 13.9 Å². The fourth-order valence-corrected chi connectivity index (χ4v) is 1.78. The van der Waals surface area contributed by atoms with Gasteiger partial charge in [-0.15, -0.1) is 0 Å². The molecular weight excluding hydrogens is 259 g/mol. The number of amides is 1. The van der Waals surface area contributed by atoms with Gasteiger partial charge in [0, 0.05) is 5.92 Å². The Balaban J connectivity index is 2.07. The van der Waals surface area contributed by atoms with E-state index in [2.05, 4.69) is 10.5 Å². The van der Waals surface area contributed by atoms with Crippen LogP contribution in [-0.4, -0.2) is 17.4 Å². The van der Waals surface area contributed by atoms with Crippen LogP contribution in [0.5, 0.6) is 0 Å². The Morgan fingerprint density at radius 1 is 1.30 bits per heavy atom. The maximum atomic E-state index is 12.9. The molecule has 1 saturated carbocycles. The Morgan fingerprint density at radius 2 is 1.90 bits per heavy atom. The van der Waals surface area contributed by atoms with E-state index >= 15 is 0 Å². The largest absolute Gasteiger partial charge is 0.443 e. The van der Waals surface area contributed by atoms with Crippen LogP contribution in [0.25, 0.3) is 0 Å². The van der Waals surface area contributed by atoms with Gasteiger partial charge in [-0.05, 0) is 51.3 Å². The molecule has 5 heteroatoms. The summed E-state index contributed by atoms with van der Waals surface area (Å²) >= 11 is 0. The third-order valence-electron chi connectivity index (χ3n) is 2.77. The second-order valence-electron chi connectivity index (χ2n) is 5.89. The molecule has 1 N–H and O–H groups in total. The molecule has 108 valence electrons. The average molecular weight is 278 g/mol. The molecule has 1 fully saturated rings. The van der Waals surface area contributed by atoms with Crippen LogP contribution in [0, 0.1) is 11.7 Å². The van der Waals surface area contributed by atoms with Crippen molar-refractivity contribution in [1.29, 1.82) is 0 Å². The highest BCUT2D eigenvalue weighted by Gasteiger charge is 2.29. The van der Waals surface area contributed by atoms with Gasteiger partial charge in [0.15, 0.2) is 0 Å². The molecule has 1 aromatic carbocycles. The molecule has 0 heterocycles. The van der Waals surface area contributed by atoms with Crippen LogP contribution in [0.15, 0.2) is 29.4 Å². The first-order valence-corrected chi connectivity index (χ1v) is 6.68. The molecule has 0 saturated heterocycles. The van der Waals surface area contributed by atoms with Gasteiger partial charge in [0.05, 0.1) is 5.71 Å². The molecule has 0 spiro atoms. The zero-order valence-corrected chi connectivity index (χ0v) is 11.9. The van der Waals surface area contributed by atoms with Crippen LogP contribution in [0.3, 0.4) is 0 Å². The van der Waals surface area contributed by atoms with Crippen LogP contribution < -0.4 is 5.43 Å². The van der Waals surface area contributed by atoms with E-state index < -0.39 is 11.7 Å². The monoisotopic (exact) mass is 278 g/mol. The Morgan fingerprint density at radius 3 is 2.40 bits per heavy atom. The zero-order valence-electron chi connectivity index (χ0n) is 11.9. The number of ether oxygens (including phenoxy) is 1. The minimum Gasteiger partial charge on any atom is -0.443 e. The van der Waals surface area contributed by atoms with Gasteiger partial charge in [0.25, 0.3) is 0 Å². The van der Waals surface area contributed by atoms with Gasteiger partial charge in [0.1, 0.15) is 11.4 Å². The first-order chi connectivity index (χ1) is 9.35. The summed E-state index contributed by atoms with van der Waals surface area (Å²) in [5.41, 5.74) is 3.44. The second kappa shape index (κ2) is 5.61. The van der Waals surface area contributed by atoms with Crippen molar-refractivity contribution >= 4 is 11.8 Å². The molecule has 2 rings (SSSR count). The summed E-state index contributed by atoms with van der Waals surface area (Å²) in [6, 6.07) is 6.12. The summed E-state index contributed by atoms with van der Waals surface area (Å²) in [5.74, 6) is 0.0411. The highest BCUT2D eigenvalue weighted by molar-refractivity contribution is 6.03. The van der Waals surface area contributed by atoms with E-state index in [9.17, 15) is 9.18 Å². The van der Waals surface area contributed by atoms with E-state index in [4.69, 9.17) is 4.74 Å². The number of hydrogen-bond acceptors (Lipinski definition) is 3. The number of nitrogens with one attached hydrogen (secondary N) is 1. The van der Waals surface area contributed by atoms with Gasteiger partial charge in [-0.25, -0.2) is 14.6 Å². The number of rotatable bonds is 3. The van der Waals surface area contributed by atoms with Crippen molar-refractivity contribution in [3.05, 3.63) is 35.6 Å². The maximum absolute atomic E-state index is 12.9. The van der Waals surface area contributed by atoms with E-state index in [1.54, 1.807) is 32.9 Å². The third kappa shape index (κ3) is 4.33. The molecule has 1 aliphatic rings. The Hall–Kier alpha value is -1.91. The minimum atomic E-state index is -0.585. The number of hydrazone groups is 1. The quantitative estimate of drug-likeness (QED) is 0.680. The summed E-state index contributed by atoms with van der Waals surface area (Å²) in [7, 11) is 0. The highest BCUT2D eigenvalue weighted by atomic mass is 19.1. The van der Waals surface area contributed by atoms with Crippen molar-refractivity contribution in [3.63, 3.8) is 0 Å².